The second-order valence-corrected chi connectivity index (χ2v) is 5.99. The Bertz CT molecular complexity index is 316. The zero-order valence-corrected chi connectivity index (χ0v) is 10.9. The molecule has 0 bridgehead atoms. The minimum Gasteiger partial charge on any atom is -0.342 e. The third kappa shape index (κ3) is 2.08. The fourth-order valence-corrected chi connectivity index (χ4v) is 3.42. The first-order valence-electron chi connectivity index (χ1n) is 6.87. The monoisotopic (exact) mass is 237 g/mol. The van der Waals surface area contributed by atoms with Crippen LogP contribution in [0.15, 0.2) is 0 Å². The topological polar surface area (TPSA) is 35.6 Å². The molecular formula is C13H23N3O. The Morgan fingerprint density at radius 3 is 2.82 bits per heavy atom. The van der Waals surface area contributed by atoms with Crippen molar-refractivity contribution < 1.29 is 4.79 Å². The van der Waals surface area contributed by atoms with Gasteiger partial charge in [0.2, 0.25) is 5.91 Å². The molecule has 2 heterocycles. The summed E-state index contributed by atoms with van der Waals surface area (Å²) < 4.78 is 0. The molecule has 1 aliphatic carbocycles. The van der Waals surface area contributed by atoms with Crippen molar-refractivity contribution in [3.8, 4) is 0 Å². The number of carbonyl (C=O) groups is 1. The smallest absolute Gasteiger partial charge is 0.236 e. The van der Waals surface area contributed by atoms with Gasteiger partial charge in [0.1, 0.15) is 0 Å². The third-order valence-electron chi connectivity index (χ3n) is 4.88. The molecule has 4 nitrogen and oxygen atoms in total. The van der Waals surface area contributed by atoms with Crippen molar-refractivity contribution in [1.82, 2.24) is 15.1 Å². The molecule has 3 fully saturated rings. The highest BCUT2D eigenvalue weighted by atomic mass is 16.2. The lowest BCUT2D eigenvalue weighted by Gasteiger charge is -2.26. The van der Waals surface area contributed by atoms with E-state index in [4.69, 9.17) is 0 Å². The van der Waals surface area contributed by atoms with E-state index in [1.54, 1.807) is 0 Å². The van der Waals surface area contributed by atoms with Crippen LogP contribution in [0.1, 0.15) is 19.8 Å². The first-order valence-corrected chi connectivity index (χ1v) is 6.87. The molecule has 3 unspecified atom stereocenters. The van der Waals surface area contributed by atoms with Crippen LogP contribution in [0.5, 0.6) is 0 Å². The van der Waals surface area contributed by atoms with Crippen molar-refractivity contribution in [2.24, 2.45) is 11.8 Å². The van der Waals surface area contributed by atoms with Crippen LogP contribution >= 0.6 is 0 Å². The van der Waals surface area contributed by atoms with Crippen molar-refractivity contribution in [3.63, 3.8) is 0 Å². The molecule has 1 N–H and O–H groups in total. The summed E-state index contributed by atoms with van der Waals surface area (Å²) in [4.78, 5) is 16.5. The lowest BCUT2D eigenvalue weighted by molar-refractivity contribution is -0.131. The number of likely N-dealkylation sites (tertiary alicyclic amines) is 1. The van der Waals surface area contributed by atoms with Gasteiger partial charge in [-0.1, -0.05) is 0 Å². The summed E-state index contributed by atoms with van der Waals surface area (Å²) in [6.45, 7) is 6.28. The van der Waals surface area contributed by atoms with Gasteiger partial charge in [-0.15, -0.1) is 0 Å². The number of carbonyl (C=O) groups excluding carboxylic acids is 1. The van der Waals surface area contributed by atoms with E-state index < -0.39 is 0 Å². The van der Waals surface area contributed by atoms with E-state index in [2.05, 4.69) is 17.1 Å². The van der Waals surface area contributed by atoms with Crippen molar-refractivity contribution in [1.29, 1.82) is 0 Å². The van der Waals surface area contributed by atoms with E-state index in [-0.39, 0.29) is 0 Å². The van der Waals surface area contributed by atoms with Crippen molar-refractivity contribution in [3.05, 3.63) is 0 Å². The van der Waals surface area contributed by atoms with Gasteiger partial charge in [-0.3, -0.25) is 9.69 Å². The standard InChI is InChI=1S/C13H23N3O/c1-9-12-6-14-5-10(12)7-16(9)8-13(17)15(2)11-3-4-11/h9-12,14H,3-8H2,1-2H3. The molecule has 1 amide bonds. The Balaban J connectivity index is 1.56. The average Bonchev–Trinajstić information content (AvgIpc) is 2.99. The van der Waals surface area contributed by atoms with Gasteiger partial charge in [0, 0.05) is 25.7 Å². The summed E-state index contributed by atoms with van der Waals surface area (Å²) in [6.07, 6.45) is 2.40. The first-order chi connectivity index (χ1) is 8.16. The number of likely N-dealkylation sites (N-methyl/N-ethyl adjacent to an activating group) is 1. The summed E-state index contributed by atoms with van der Waals surface area (Å²) >= 11 is 0. The molecule has 0 spiro atoms. The van der Waals surface area contributed by atoms with E-state index >= 15 is 0 Å². The van der Waals surface area contributed by atoms with Gasteiger partial charge in [-0.2, -0.15) is 0 Å². The van der Waals surface area contributed by atoms with Crippen molar-refractivity contribution in [2.45, 2.75) is 31.8 Å². The van der Waals surface area contributed by atoms with Gasteiger partial charge in [0.15, 0.2) is 0 Å². The van der Waals surface area contributed by atoms with E-state index in [0.29, 0.717) is 24.5 Å². The molecule has 3 atom stereocenters. The number of hydrogen-bond donors (Lipinski definition) is 1. The second-order valence-electron chi connectivity index (χ2n) is 5.99. The van der Waals surface area contributed by atoms with Crippen LogP contribution in [0.2, 0.25) is 0 Å². The van der Waals surface area contributed by atoms with Gasteiger partial charge < -0.3 is 10.2 Å². The highest BCUT2D eigenvalue weighted by molar-refractivity contribution is 5.78. The van der Waals surface area contributed by atoms with E-state index in [0.717, 1.165) is 31.5 Å². The lowest BCUT2D eigenvalue weighted by Crippen LogP contribution is -2.42. The maximum Gasteiger partial charge on any atom is 0.236 e. The average molecular weight is 237 g/mol. The van der Waals surface area contributed by atoms with E-state index in [1.165, 1.54) is 12.8 Å². The Labute approximate surface area is 103 Å². The van der Waals surface area contributed by atoms with E-state index in [1.807, 2.05) is 11.9 Å². The van der Waals surface area contributed by atoms with Crippen molar-refractivity contribution >= 4 is 5.91 Å². The molecule has 2 saturated heterocycles. The quantitative estimate of drug-likeness (QED) is 0.759. The molecule has 0 aromatic carbocycles. The largest absolute Gasteiger partial charge is 0.342 e. The number of nitrogens with zero attached hydrogens (tertiary/aromatic N) is 2. The zero-order chi connectivity index (χ0) is 12.0. The predicted molar refractivity (Wildman–Crippen MR) is 66.7 cm³/mol. The Morgan fingerprint density at radius 1 is 1.41 bits per heavy atom. The molecule has 3 rings (SSSR count). The maximum absolute atomic E-state index is 12.1. The summed E-state index contributed by atoms with van der Waals surface area (Å²) in [5.74, 6) is 1.84. The summed E-state index contributed by atoms with van der Waals surface area (Å²) in [5.41, 5.74) is 0. The Kier molecular flexibility index (Phi) is 2.87. The summed E-state index contributed by atoms with van der Waals surface area (Å²) in [5, 5.41) is 3.46. The third-order valence-corrected chi connectivity index (χ3v) is 4.88. The lowest BCUT2D eigenvalue weighted by atomic mass is 9.95. The van der Waals surface area contributed by atoms with Crippen LogP contribution in [0, 0.1) is 11.8 Å². The van der Waals surface area contributed by atoms with Crippen LogP contribution in [-0.4, -0.2) is 61.0 Å². The first kappa shape index (κ1) is 11.5. The summed E-state index contributed by atoms with van der Waals surface area (Å²) in [7, 11) is 1.96. The fourth-order valence-electron chi connectivity index (χ4n) is 3.42. The molecule has 0 radical (unpaired) electrons. The normalized spacial score (nSPS) is 37.2. The number of nitrogens with one attached hydrogen (secondary N) is 1. The Morgan fingerprint density at radius 2 is 2.18 bits per heavy atom. The molecule has 17 heavy (non-hydrogen) atoms. The molecular weight excluding hydrogens is 214 g/mol. The highest BCUT2D eigenvalue weighted by Gasteiger charge is 2.42. The van der Waals surface area contributed by atoms with Gasteiger partial charge in [0.05, 0.1) is 6.54 Å². The molecule has 4 heteroatoms. The maximum atomic E-state index is 12.1. The SMILES string of the molecule is CC1C2CNCC2CN1CC(=O)N(C)C1CC1. The molecule has 2 aliphatic heterocycles. The molecule has 3 aliphatic rings. The van der Waals surface area contributed by atoms with Gasteiger partial charge in [0.25, 0.3) is 0 Å². The molecule has 1 saturated carbocycles. The van der Waals surface area contributed by atoms with Crippen LogP contribution in [0.4, 0.5) is 0 Å². The Hall–Kier alpha value is -0.610. The number of amides is 1. The van der Waals surface area contributed by atoms with Crippen LogP contribution in [-0.2, 0) is 4.79 Å². The number of fused-ring (bicyclic) bond motifs is 1. The fraction of sp³-hybridized carbons (Fsp3) is 0.923. The summed E-state index contributed by atoms with van der Waals surface area (Å²) in [6, 6.07) is 1.10. The van der Waals surface area contributed by atoms with Crippen LogP contribution in [0.3, 0.4) is 0 Å². The van der Waals surface area contributed by atoms with Crippen molar-refractivity contribution in [2.75, 3.05) is 33.2 Å². The zero-order valence-electron chi connectivity index (χ0n) is 10.9. The van der Waals surface area contributed by atoms with Crippen LogP contribution in [0.25, 0.3) is 0 Å². The molecule has 0 aromatic heterocycles. The minimum absolute atomic E-state index is 0.312. The highest BCUT2D eigenvalue weighted by Crippen LogP contribution is 2.32. The molecule has 0 aromatic rings. The van der Waals surface area contributed by atoms with Gasteiger partial charge in [-0.05, 0) is 44.7 Å². The van der Waals surface area contributed by atoms with Gasteiger partial charge in [-0.25, -0.2) is 0 Å². The van der Waals surface area contributed by atoms with Crippen LogP contribution < -0.4 is 5.32 Å². The van der Waals surface area contributed by atoms with Gasteiger partial charge >= 0.3 is 0 Å². The number of hydrogen-bond acceptors (Lipinski definition) is 3. The molecule has 96 valence electrons. The number of rotatable bonds is 3. The van der Waals surface area contributed by atoms with E-state index in [9.17, 15) is 4.79 Å². The predicted octanol–water partition coefficient (Wildman–Crippen LogP) is 0.147. The minimum atomic E-state index is 0.312. The second kappa shape index (κ2) is 4.25.